The van der Waals surface area contributed by atoms with Crippen molar-refractivity contribution >= 4 is 17.8 Å². The smallest absolute Gasteiger partial charge is 0.257 e. The van der Waals surface area contributed by atoms with E-state index in [1.165, 1.54) is 11.1 Å². The van der Waals surface area contributed by atoms with Crippen molar-refractivity contribution in [3.63, 3.8) is 0 Å². The number of nitrogens with zero attached hydrogens (tertiary/aromatic N) is 6. The highest BCUT2D eigenvalue weighted by atomic mass is 16.2. The van der Waals surface area contributed by atoms with Gasteiger partial charge in [0, 0.05) is 57.5 Å². The van der Waals surface area contributed by atoms with Crippen molar-refractivity contribution in [1.82, 2.24) is 24.8 Å². The van der Waals surface area contributed by atoms with Gasteiger partial charge in [-0.05, 0) is 24.1 Å². The summed E-state index contributed by atoms with van der Waals surface area (Å²) in [6.45, 7) is 5.35. The van der Waals surface area contributed by atoms with Crippen LogP contribution in [0.1, 0.15) is 21.5 Å². The molecule has 2 aromatic heterocycles. The topological polar surface area (TPSA) is 87.1 Å². The van der Waals surface area contributed by atoms with Gasteiger partial charge in [-0.3, -0.25) is 4.79 Å². The fourth-order valence-electron chi connectivity index (χ4n) is 3.26. The summed E-state index contributed by atoms with van der Waals surface area (Å²) in [7, 11) is 0. The molecule has 3 aromatic rings. The molecule has 1 fully saturated rings. The molecule has 0 radical (unpaired) electrons. The molecular formula is C21H23N7O. The molecule has 1 aromatic carbocycles. The van der Waals surface area contributed by atoms with E-state index in [9.17, 15) is 4.79 Å². The molecule has 1 aliphatic rings. The Balaban J connectivity index is 1.32. The Kier molecular flexibility index (Phi) is 5.60. The molecule has 1 N–H and O–H groups in total. The van der Waals surface area contributed by atoms with Gasteiger partial charge in [0.2, 0.25) is 11.9 Å². The minimum atomic E-state index is -0.0518. The third-order valence-electron chi connectivity index (χ3n) is 5.00. The van der Waals surface area contributed by atoms with Gasteiger partial charge in [-0.15, -0.1) is 0 Å². The number of aromatic nitrogens is 4. The van der Waals surface area contributed by atoms with E-state index in [1.54, 1.807) is 30.9 Å². The Morgan fingerprint density at radius 2 is 1.66 bits per heavy atom. The van der Waals surface area contributed by atoms with Gasteiger partial charge in [-0.2, -0.15) is 0 Å². The summed E-state index contributed by atoms with van der Waals surface area (Å²) in [5, 5.41) is 3.20. The van der Waals surface area contributed by atoms with Crippen LogP contribution in [0.3, 0.4) is 0 Å². The Hall–Kier alpha value is -3.55. The fraction of sp³-hybridized carbons (Fsp3) is 0.286. The van der Waals surface area contributed by atoms with Crippen molar-refractivity contribution in [2.24, 2.45) is 0 Å². The Morgan fingerprint density at radius 3 is 2.34 bits per heavy atom. The first kappa shape index (κ1) is 18.8. The van der Waals surface area contributed by atoms with Crippen LogP contribution in [0.5, 0.6) is 0 Å². The maximum absolute atomic E-state index is 12.8. The summed E-state index contributed by atoms with van der Waals surface area (Å²) in [5.41, 5.74) is 2.90. The van der Waals surface area contributed by atoms with Gasteiger partial charge in [-0.25, -0.2) is 19.9 Å². The van der Waals surface area contributed by atoms with E-state index in [0.29, 0.717) is 50.2 Å². The van der Waals surface area contributed by atoms with Gasteiger partial charge in [0.1, 0.15) is 0 Å². The molecule has 0 bridgehead atoms. The Morgan fingerprint density at radius 1 is 0.966 bits per heavy atom. The minimum absolute atomic E-state index is 0.0518. The molecule has 4 rings (SSSR count). The van der Waals surface area contributed by atoms with E-state index in [0.717, 1.165) is 0 Å². The zero-order valence-corrected chi connectivity index (χ0v) is 16.3. The second kappa shape index (κ2) is 8.64. The third kappa shape index (κ3) is 4.48. The summed E-state index contributed by atoms with van der Waals surface area (Å²) in [4.78, 5) is 33.8. The Labute approximate surface area is 169 Å². The van der Waals surface area contributed by atoms with Gasteiger partial charge >= 0.3 is 0 Å². The molecule has 1 amide bonds. The average molecular weight is 389 g/mol. The van der Waals surface area contributed by atoms with E-state index in [1.807, 2.05) is 17.0 Å². The fourth-order valence-corrected chi connectivity index (χ4v) is 3.26. The molecule has 8 nitrogen and oxygen atoms in total. The molecule has 0 atom stereocenters. The lowest BCUT2D eigenvalue weighted by Gasteiger charge is -2.34. The molecule has 1 saturated heterocycles. The molecule has 0 aliphatic carbocycles. The van der Waals surface area contributed by atoms with Crippen LogP contribution in [0.4, 0.5) is 11.9 Å². The number of anilines is 2. The van der Waals surface area contributed by atoms with Gasteiger partial charge < -0.3 is 15.1 Å². The minimum Gasteiger partial charge on any atom is -0.350 e. The predicted molar refractivity (Wildman–Crippen MR) is 111 cm³/mol. The summed E-state index contributed by atoms with van der Waals surface area (Å²) >= 11 is 0. The summed E-state index contributed by atoms with van der Waals surface area (Å²) in [5.74, 6) is 1.16. The molecule has 0 spiro atoms. The summed E-state index contributed by atoms with van der Waals surface area (Å²) < 4.78 is 0. The lowest BCUT2D eigenvalue weighted by Crippen LogP contribution is -2.49. The molecule has 148 valence electrons. The summed E-state index contributed by atoms with van der Waals surface area (Å²) in [6, 6.07) is 9.96. The molecule has 0 unspecified atom stereocenters. The van der Waals surface area contributed by atoms with Crippen LogP contribution in [0, 0.1) is 6.92 Å². The van der Waals surface area contributed by atoms with E-state index in [2.05, 4.69) is 49.2 Å². The first-order valence-electron chi connectivity index (χ1n) is 9.62. The number of rotatable bonds is 5. The standard InChI is InChI=1S/C21H23N7O/c1-16-5-2-3-6-17(16)13-24-20-25-14-18(15-26-20)19(29)27-9-11-28(12-10-27)21-22-7-4-8-23-21/h2-8,14-15H,9-13H2,1H3,(H,24,25,26). The van der Waals surface area contributed by atoms with E-state index >= 15 is 0 Å². The second-order valence-electron chi connectivity index (χ2n) is 6.90. The largest absolute Gasteiger partial charge is 0.350 e. The molecule has 8 heteroatoms. The van der Waals surface area contributed by atoms with Crippen molar-refractivity contribution in [3.8, 4) is 0 Å². The number of hydrogen-bond acceptors (Lipinski definition) is 7. The van der Waals surface area contributed by atoms with E-state index < -0.39 is 0 Å². The monoisotopic (exact) mass is 389 g/mol. The lowest BCUT2D eigenvalue weighted by atomic mass is 10.1. The highest BCUT2D eigenvalue weighted by Crippen LogP contribution is 2.13. The molecule has 1 aliphatic heterocycles. The predicted octanol–water partition coefficient (Wildman–Crippen LogP) is 2.15. The normalized spacial score (nSPS) is 14.0. The van der Waals surface area contributed by atoms with Crippen molar-refractivity contribution in [1.29, 1.82) is 0 Å². The maximum Gasteiger partial charge on any atom is 0.257 e. The van der Waals surface area contributed by atoms with Gasteiger partial charge in [-0.1, -0.05) is 24.3 Å². The van der Waals surface area contributed by atoms with E-state index in [-0.39, 0.29) is 5.91 Å². The van der Waals surface area contributed by atoms with Crippen LogP contribution in [0.15, 0.2) is 55.1 Å². The van der Waals surface area contributed by atoms with Crippen LogP contribution in [-0.2, 0) is 6.54 Å². The van der Waals surface area contributed by atoms with Crippen LogP contribution < -0.4 is 10.2 Å². The van der Waals surface area contributed by atoms with Gasteiger partial charge in [0.15, 0.2) is 0 Å². The number of hydrogen-bond donors (Lipinski definition) is 1. The molecular weight excluding hydrogens is 366 g/mol. The van der Waals surface area contributed by atoms with Crippen LogP contribution in [0.25, 0.3) is 0 Å². The molecule has 3 heterocycles. The molecule has 0 saturated carbocycles. The highest BCUT2D eigenvalue weighted by Gasteiger charge is 2.23. The number of benzene rings is 1. The number of piperazine rings is 1. The average Bonchev–Trinajstić information content (AvgIpc) is 2.79. The maximum atomic E-state index is 12.8. The lowest BCUT2D eigenvalue weighted by molar-refractivity contribution is 0.0745. The van der Waals surface area contributed by atoms with E-state index in [4.69, 9.17) is 0 Å². The van der Waals surface area contributed by atoms with Crippen molar-refractivity contribution < 1.29 is 4.79 Å². The van der Waals surface area contributed by atoms with Crippen LogP contribution in [-0.4, -0.2) is 56.9 Å². The van der Waals surface area contributed by atoms with Gasteiger partial charge in [0.25, 0.3) is 5.91 Å². The SMILES string of the molecule is Cc1ccccc1CNc1ncc(C(=O)N2CCN(c3ncccn3)CC2)cn1. The van der Waals surface area contributed by atoms with Crippen LogP contribution in [0.2, 0.25) is 0 Å². The quantitative estimate of drug-likeness (QED) is 0.715. The first-order valence-corrected chi connectivity index (χ1v) is 9.62. The highest BCUT2D eigenvalue weighted by molar-refractivity contribution is 5.93. The van der Waals surface area contributed by atoms with Crippen LogP contribution >= 0.6 is 0 Å². The Bertz CT molecular complexity index is 954. The number of aryl methyl sites for hydroxylation is 1. The number of carbonyl (C=O) groups excluding carboxylic acids is 1. The summed E-state index contributed by atoms with van der Waals surface area (Å²) in [6.07, 6.45) is 6.63. The number of nitrogens with one attached hydrogen (secondary N) is 1. The van der Waals surface area contributed by atoms with Gasteiger partial charge in [0.05, 0.1) is 5.56 Å². The zero-order chi connectivity index (χ0) is 20.1. The zero-order valence-electron chi connectivity index (χ0n) is 16.3. The number of carbonyl (C=O) groups is 1. The molecule has 29 heavy (non-hydrogen) atoms. The van der Waals surface area contributed by atoms with Crippen molar-refractivity contribution in [3.05, 3.63) is 71.8 Å². The third-order valence-corrected chi connectivity index (χ3v) is 5.00. The van der Waals surface area contributed by atoms with Crippen molar-refractivity contribution in [2.75, 3.05) is 36.4 Å². The number of amides is 1. The second-order valence-corrected chi connectivity index (χ2v) is 6.90. The first-order chi connectivity index (χ1) is 14.2. The van der Waals surface area contributed by atoms with Crippen molar-refractivity contribution in [2.45, 2.75) is 13.5 Å².